The fourth-order valence-electron chi connectivity index (χ4n) is 1.87. The predicted molar refractivity (Wildman–Crippen MR) is 80.9 cm³/mol. The van der Waals surface area contributed by atoms with Crippen molar-refractivity contribution in [2.75, 3.05) is 13.1 Å². The zero-order valence-electron chi connectivity index (χ0n) is 11.8. The molecule has 1 aliphatic heterocycles. The summed E-state index contributed by atoms with van der Waals surface area (Å²) < 4.78 is 0. The zero-order chi connectivity index (χ0) is 13.7. The number of hydrogen-bond acceptors (Lipinski definition) is 2. The van der Waals surface area contributed by atoms with E-state index in [1.165, 1.54) is 0 Å². The average Bonchev–Trinajstić information content (AvgIpc) is 2.24. The van der Waals surface area contributed by atoms with Gasteiger partial charge < -0.3 is 0 Å². The molecule has 1 rings (SSSR count). The topological polar surface area (TPSA) is 15.6 Å². The summed E-state index contributed by atoms with van der Waals surface area (Å²) in [5.41, 5.74) is 2.65. The van der Waals surface area contributed by atoms with Crippen molar-refractivity contribution >= 4 is 5.71 Å². The van der Waals surface area contributed by atoms with E-state index in [1.54, 1.807) is 6.08 Å². The van der Waals surface area contributed by atoms with E-state index in [0.717, 1.165) is 30.1 Å². The van der Waals surface area contributed by atoms with Crippen LogP contribution < -0.4 is 0 Å². The quantitative estimate of drug-likeness (QED) is 0.515. The number of likely N-dealkylation sites (tertiary alicyclic amines) is 1. The first kappa shape index (κ1) is 14.7. The van der Waals surface area contributed by atoms with Crippen molar-refractivity contribution in [3.8, 4) is 0 Å². The Balaban J connectivity index is 2.67. The van der Waals surface area contributed by atoms with Crippen LogP contribution in [0.15, 0.2) is 54.2 Å². The second-order valence-electron chi connectivity index (χ2n) is 4.96. The predicted octanol–water partition coefficient (Wildman–Crippen LogP) is 3.60. The van der Waals surface area contributed by atoms with Gasteiger partial charge in [0.1, 0.15) is 0 Å². The van der Waals surface area contributed by atoms with Gasteiger partial charge in [-0.2, -0.15) is 0 Å². The third kappa shape index (κ3) is 3.54. The highest BCUT2D eigenvalue weighted by Gasteiger charge is 2.30. The molecule has 0 aromatic carbocycles. The van der Waals surface area contributed by atoms with Gasteiger partial charge in [0.05, 0.1) is 5.71 Å². The minimum Gasteiger partial charge on any atom is -0.300 e. The van der Waals surface area contributed by atoms with Crippen molar-refractivity contribution < 1.29 is 0 Å². The van der Waals surface area contributed by atoms with E-state index < -0.39 is 0 Å². The molecule has 0 aliphatic carbocycles. The van der Waals surface area contributed by atoms with Gasteiger partial charge in [-0.05, 0) is 32.4 Å². The molecule has 0 radical (unpaired) electrons. The Kier molecular flexibility index (Phi) is 5.29. The van der Waals surface area contributed by atoms with Crippen LogP contribution in [0.1, 0.15) is 20.8 Å². The number of rotatable bonds is 6. The van der Waals surface area contributed by atoms with Gasteiger partial charge in [0.2, 0.25) is 0 Å². The molecule has 0 spiro atoms. The van der Waals surface area contributed by atoms with E-state index in [4.69, 9.17) is 0 Å². The molecule has 98 valence electrons. The lowest BCUT2D eigenvalue weighted by Crippen LogP contribution is -2.50. The Labute approximate surface area is 111 Å². The molecule has 1 aliphatic rings. The summed E-state index contributed by atoms with van der Waals surface area (Å²) in [6.07, 6.45) is 5.64. The van der Waals surface area contributed by atoms with Crippen LogP contribution in [0, 0.1) is 5.92 Å². The first-order chi connectivity index (χ1) is 8.49. The first-order valence-corrected chi connectivity index (χ1v) is 6.45. The van der Waals surface area contributed by atoms with Crippen molar-refractivity contribution in [1.82, 2.24) is 4.90 Å². The minimum absolute atomic E-state index is 0.477. The van der Waals surface area contributed by atoms with Gasteiger partial charge in [-0.1, -0.05) is 31.9 Å². The van der Waals surface area contributed by atoms with Gasteiger partial charge in [-0.3, -0.25) is 9.89 Å². The fourth-order valence-corrected chi connectivity index (χ4v) is 1.87. The molecule has 0 unspecified atom stereocenters. The molecular weight excluding hydrogens is 220 g/mol. The van der Waals surface area contributed by atoms with Crippen LogP contribution in [-0.4, -0.2) is 29.7 Å². The molecule has 1 saturated heterocycles. The summed E-state index contributed by atoms with van der Waals surface area (Å²) in [6, 6.07) is 0.608. The highest BCUT2D eigenvalue weighted by Crippen LogP contribution is 2.25. The van der Waals surface area contributed by atoms with Crippen LogP contribution in [0.25, 0.3) is 0 Å². The highest BCUT2D eigenvalue weighted by molar-refractivity contribution is 6.10. The molecule has 0 aromatic rings. The van der Waals surface area contributed by atoms with Crippen LogP contribution >= 0.6 is 0 Å². The lowest BCUT2D eigenvalue weighted by Gasteiger charge is -2.42. The van der Waals surface area contributed by atoms with Gasteiger partial charge in [0.25, 0.3) is 0 Å². The van der Waals surface area contributed by atoms with Gasteiger partial charge >= 0.3 is 0 Å². The van der Waals surface area contributed by atoms with E-state index in [2.05, 4.69) is 43.5 Å². The molecule has 2 heteroatoms. The van der Waals surface area contributed by atoms with Crippen LogP contribution in [-0.2, 0) is 0 Å². The van der Waals surface area contributed by atoms with E-state index in [-0.39, 0.29) is 0 Å². The maximum atomic E-state index is 4.59. The van der Waals surface area contributed by atoms with Crippen molar-refractivity contribution in [3.05, 3.63) is 49.2 Å². The summed E-state index contributed by atoms with van der Waals surface area (Å²) >= 11 is 0. The second kappa shape index (κ2) is 6.50. The van der Waals surface area contributed by atoms with Gasteiger partial charge in [0, 0.05) is 30.7 Å². The van der Waals surface area contributed by atoms with Crippen LogP contribution in [0.4, 0.5) is 0 Å². The lowest BCUT2D eigenvalue weighted by molar-refractivity contribution is 0.0876. The molecule has 1 heterocycles. The van der Waals surface area contributed by atoms with E-state index in [9.17, 15) is 0 Å². The van der Waals surface area contributed by atoms with Gasteiger partial charge in [-0.25, -0.2) is 0 Å². The fraction of sp³-hybridized carbons (Fsp3) is 0.438. The number of allylic oxidation sites excluding steroid dienone is 4. The molecule has 0 saturated carbocycles. The second-order valence-corrected chi connectivity index (χ2v) is 4.96. The maximum absolute atomic E-state index is 4.59. The molecule has 0 amide bonds. The SMILES string of the molecule is C=CC(=C)C(/C=C\C)=NC(=C)C1CN(C(C)C)C1. The van der Waals surface area contributed by atoms with Gasteiger partial charge in [-0.15, -0.1) is 0 Å². The van der Waals surface area contributed by atoms with Gasteiger partial charge in [0.15, 0.2) is 0 Å². The summed E-state index contributed by atoms with van der Waals surface area (Å²) in [4.78, 5) is 7.01. The lowest BCUT2D eigenvalue weighted by atomic mass is 9.95. The first-order valence-electron chi connectivity index (χ1n) is 6.45. The van der Waals surface area contributed by atoms with Crippen molar-refractivity contribution in [2.24, 2.45) is 10.9 Å². The molecule has 0 bridgehead atoms. The van der Waals surface area contributed by atoms with E-state index >= 15 is 0 Å². The molecule has 18 heavy (non-hydrogen) atoms. The van der Waals surface area contributed by atoms with Crippen molar-refractivity contribution in [3.63, 3.8) is 0 Å². The normalized spacial score (nSPS) is 18.1. The van der Waals surface area contributed by atoms with Crippen LogP contribution in [0.3, 0.4) is 0 Å². The maximum Gasteiger partial charge on any atom is 0.0695 e. The van der Waals surface area contributed by atoms with E-state index in [0.29, 0.717) is 12.0 Å². The monoisotopic (exact) mass is 244 g/mol. The molecule has 1 fully saturated rings. The van der Waals surface area contributed by atoms with Crippen LogP contribution in [0.5, 0.6) is 0 Å². The number of aliphatic imine (C=N–C) groups is 1. The van der Waals surface area contributed by atoms with Crippen LogP contribution in [0.2, 0.25) is 0 Å². The molecule has 0 atom stereocenters. The third-order valence-corrected chi connectivity index (χ3v) is 3.28. The summed E-state index contributed by atoms with van der Waals surface area (Å²) in [6.45, 7) is 20.3. The van der Waals surface area contributed by atoms with Crippen molar-refractivity contribution in [2.45, 2.75) is 26.8 Å². The van der Waals surface area contributed by atoms with E-state index in [1.807, 2.05) is 19.1 Å². The molecule has 0 aromatic heterocycles. The Hall–Kier alpha value is -1.41. The molecule has 2 nitrogen and oxygen atoms in total. The summed E-state index contributed by atoms with van der Waals surface area (Å²) in [7, 11) is 0. The standard InChI is InChI=1S/C16H24N2/c1-7-9-16(13(5)8-2)17-14(6)15-10-18(11-15)12(3)4/h7-9,12,15H,2,5-6,10-11H2,1,3-4H3/b9-7-,17-16?. The molecule has 0 N–H and O–H groups in total. The highest BCUT2D eigenvalue weighted by atomic mass is 15.2. The summed E-state index contributed by atoms with van der Waals surface area (Å²) in [5.74, 6) is 0.477. The Morgan fingerprint density at radius 3 is 2.39 bits per heavy atom. The Bertz CT molecular complexity index is 393. The van der Waals surface area contributed by atoms with Crippen molar-refractivity contribution in [1.29, 1.82) is 0 Å². The Morgan fingerprint density at radius 1 is 1.33 bits per heavy atom. The largest absolute Gasteiger partial charge is 0.300 e. The Morgan fingerprint density at radius 2 is 1.94 bits per heavy atom. The third-order valence-electron chi connectivity index (χ3n) is 3.28. The average molecular weight is 244 g/mol. The minimum atomic E-state index is 0.477. The summed E-state index contributed by atoms with van der Waals surface area (Å²) in [5, 5.41) is 0. The number of nitrogens with zero attached hydrogens (tertiary/aromatic N) is 2. The number of hydrogen-bond donors (Lipinski definition) is 0. The molecular formula is C16H24N2. The zero-order valence-corrected chi connectivity index (χ0v) is 11.8. The smallest absolute Gasteiger partial charge is 0.0695 e.